The molecule has 0 aliphatic rings. The Morgan fingerprint density at radius 3 is 2.48 bits per heavy atom. The van der Waals surface area contributed by atoms with Gasteiger partial charge >= 0.3 is 6.18 Å². The van der Waals surface area contributed by atoms with Crippen LogP contribution < -0.4 is 4.74 Å². The predicted molar refractivity (Wildman–Crippen MR) is 71.2 cm³/mol. The van der Waals surface area contributed by atoms with Gasteiger partial charge < -0.3 is 4.74 Å². The summed E-state index contributed by atoms with van der Waals surface area (Å²) in [5.74, 6) is -1.26. The van der Waals surface area contributed by atoms with E-state index in [9.17, 15) is 21.8 Å². The highest BCUT2D eigenvalue weighted by molar-refractivity contribution is 7.85. The van der Waals surface area contributed by atoms with Gasteiger partial charge in [0.05, 0.1) is 17.2 Å². The molecule has 1 atom stereocenters. The van der Waals surface area contributed by atoms with Gasteiger partial charge in [0, 0.05) is 6.07 Å². The van der Waals surface area contributed by atoms with Crippen molar-refractivity contribution in [3.63, 3.8) is 0 Å². The molecule has 0 fully saturated rings. The lowest BCUT2D eigenvalue weighted by molar-refractivity contribution is -0.153. The molecule has 1 rings (SSSR count). The molecule has 0 bridgehead atoms. The fourth-order valence-electron chi connectivity index (χ4n) is 1.03. The van der Waals surface area contributed by atoms with Crippen molar-refractivity contribution in [3.8, 4) is 5.75 Å². The van der Waals surface area contributed by atoms with E-state index in [1.807, 2.05) is 0 Å². The maximum atomic E-state index is 13.6. The monoisotopic (exact) mass is 326 g/mol. The third-order valence-corrected chi connectivity index (χ3v) is 3.39. The summed E-state index contributed by atoms with van der Waals surface area (Å²) in [6.07, 6.45) is -2.60. The van der Waals surface area contributed by atoms with Crippen LogP contribution in [0.1, 0.15) is 26.5 Å². The zero-order valence-electron chi connectivity index (χ0n) is 11.6. The predicted octanol–water partition coefficient (Wildman–Crippen LogP) is 3.04. The van der Waals surface area contributed by atoms with E-state index in [0.717, 1.165) is 18.5 Å². The van der Waals surface area contributed by atoms with Crippen LogP contribution in [0, 0.1) is 5.82 Å². The molecule has 1 heterocycles. The second kappa shape index (κ2) is 6.50. The molecule has 0 saturated carbocycles. The summed E-state index contributed by atoms with van der Waals surface area (Å²) < 4.78 is 68.5. The van der Waals surface area contributed by atoms with E-state index in [1.165, 1.54) is 0 Å². The van der Waals surface area contributed by atoms with Crippen molar-refractivity contribution >= 4 is 17.2 Å². The van der Waals surface area contributed by atoms with E-state index in [-0.39, 0.29) is 11.4 Å². The van der Waals surface area contributed by atoms with Crippen LogP contribution >= 0.6 is 0 Å². The molecule has 0 N–H and O–H groups in total. The van der Waals surface area contributed by atoms with Crippen molar-refractivity contribution in [2.75, 3.05) is 6.61 Å². The highest BCUT2D eigenvalue weighted by Gasteiger charge is 2.28. The van der Waals surface area contributed by atoms with Crippen molar-refractivity contribution in [1.29, 1.82) is 0 Å². The van der Waals surface area contributed by atoms with Gasteiger partial charge in [0.1, 0.15) is 22.4 Å². The molecular formula is C12H14F4N2O2S. The van der Waals surface area contributed by atoms with Crippen molar-refractivity contribution in [2.24, 2.45) is 4.40 Å². The van der Waals surface area contributed by atoms with Crippen LogP contribution in [0.3, 0.4) is 0 Å². The zero-order chi connectivity index (χ0) is 16.3. The summed E-state index contributed by atoms with van der Waals surface area (Å²) in [6, 6.07) is 0.764. The SMILES string of the molecule is CC(C)(C)[S@@](=O)N=Cc1ncc(OCC(F)(F)F)cc1F. The summed E-state index contributed by atoms with van der Waals surface area (Å²) in [5, 5.41) is 0. The number of halogens is 4. The molecule has 0 spiro atoms. The van der Waals surface area contributed by atoms with Crippen LogP contribution in [0.15, 0.2) is 16.7 Å². The second-order valence-corrected chi connectivity index (χ2v) is 6.97. The number of aromatic nitrogens is 1. The van der Waals surface area contributed by atoms with Crippen molar-refractivity contribution in [1.82, 2.24) is 4.98 Å². The zero-order valence-corrected chi connectivity index (χ0v) is 12.4. The molecule has 1 aromatic heterocycles. The molecular weight excluding hydrogens is 312 g/mol. The van der Waals surface area contributed by atoms with Crippen LogP contribution in [0.4, 0.5) is 17.6 Å². The first-order valence-electron chi connectivity index (χ1n) is 5.80. The highest BCUT2D eigenvalue weighted by Crippen LogP contribution is 2.19. The van der Waals surface area contributed by atoms with Gasteiger partial charge in [0.2, 0.25) is 0 Å². The Balaban J connectivity index is 2.80. The van der Waals surface area contributed by atoms with Gasteiger partial charge in [-0.2, -0.15) is 17.6 Å². The molecule has 0 radical (unpaired) electrons. The summed E-state index contributed by atoms with van der Waals surface area (Å²) in [6.45, 7) is 3.55. The van der Waals surface area contributed by atoms with Gasteiger partial charge in [-0.3, -0.25) is 0 Å². The lowest BCUT2D eigenvalue weighted by atomic mass is 10.3. The fraction of sp³-hybridized carbons (Fsp3) is 0.500. The number of rotatable bonds is 4. The van der Waals surface area contributed by atoms with E-state index >= 15 is 0 Å². The molecule has 21 heavy (non-hydrogen) atoms. The third-order valence-electron chi connectivity index (χ3n) is 2.04. The number of ether oxygens (including phenoxy) is 1. The van der Waals surface area contributed by atoms with Gasteiger partial charge in [-0.05, 0) is 20.8 Å². The number of hydrogen-bond donors (Lipinski definition) is 0. The number of nitrogens with zero attached hydrogens (tertiary/aromatic N) is 2. The maximum absolute atomic E-state index is 13.6. The Morgan fingerprint density at radius 1 is 1.38 bits per heavy atom. The number of alkyl halides is 3. The van der Waals surface area contributed by atoms with Gasteiger partial charge in [0.15, 0.2) is 12.4 Å². The summed E-state index contributed by atoms with van der Waals surface area (Å²) in [4.78, 5) is 3.58. The topological polar surface area (TPSA) is 51.5 Å². The summed E-state index contributed by atoms with van der Waals surface area (Å²) in [7, 11) is -1.58. The Kier molecular flexibility index (Phi) is 5.43. The maximum Gasteiger partial charge on any atom is 0.422 e. The molecule has 1 aromatic rings. The third kappa shape index (κ3) is 6.19. The molecule has 0 aliphatic carbocycles. The summed E-state index contributed by atoms with van der Waals surface area (Å²) in [5.41, 5.74) is -0.230. The van der Waals surface area contributed by atoms with E-state index in [2.05, 4.69) is 14.1 Å². The average molecular weight is 326 g/mol. The smallest absolute Gasteiger partial charge is 0.422 e. The average Bonchev–Trinajstić information content (AvgIpc) is 2.32. The van der Waals surface area contributed by atoms with Crippen LogP contribution in [0.2, 0.25) is 0 Å². The molecule has 0 aromatic carbocycles. The standard InChI is InChI=1S/C12H14F4N2O2S/c1-11(2,3)21(19)18-6-10-9(13)4-8(5-17-10)20-7-12(14,15)16/h4-6H,7H2,1-3H3/t21-/m1/s1. The van der Waals surface area contributed by atoms with Crippen molar-refractivity contribution in [3.05, 3.63) is 23.8 Å². The lowest BCUT2D eigenvalue weighted by Crippen LogP contribution is -2.20. The molecule has 9 heteroatoms. The Labute approximate surface area is 121 Å². The van der Waals surface area contributed by atoms with Crippen molar-refractivity contribution in [2.45, 2.75) is 31.7 Å². The Morgan fingerprint density at radius 2 is 2.00 bits per heavy atom. The van der Waals surface area contributed by atoms with E-state index < -0.39 is 34.3 Å². The molecule has 0 unspecified atom stereocenters. The van der Waals surface area contributed by atoms with E-state index in [0.29, 0.717) is 0 Å². The minimum atomic E-state index is -4.51. The molecule has 118 valence electrons. The van der Waals surface area contributed by atoms with Crippen LogP contribution in [-0.2, 0) is 11.0 Å². The molecule has 0 aliphatic heterocycles. The molecule has 4 nitrogen and oxygen atoms in total. The van der Waals surface area contributed by atoms with Gasteiger partial charge in [-0.1, -0.05) is 0 Å². The lowest BCUT2D eigenvalue weighted by Gasteiger charge is -2.12. The molecule has 0 saturated heterocycles. The largest absolute Gasteiger partial charge is 0.482 e. The van der Waals surface area contributed by atoms with Crippen molar-refractivity contribution < 1.29 is 26.5 Å². The normalized spacial score (nSPS) is 14.4. The van der Waals surface area contributed by atoms with Crippen LogP contribution in [-0.4, -0.2) is 32.9 Å². The van der Waals surface area contributed by atoms with Gasteiger partial charge in [-0.25, -0.2) is 13.6 Å². The Hall–Kier alpha value is -1.51. The van der Waals surface area contributed by atoms with Gasteiger partial charge in [0.25, 0.3) is 0 Å². The first-order chi connectivity index (χ1) is 9.49. The highest BCUT2D eigenvalue weighted by atomic mass is 32.2. The van der Waals surface area contributed by atoms with E-state index in [4.69, 9.17) is 0 Å². The quantitative estimate of drug-likeness (QED) is 0.631. The minimum Gasteiger partial charge on any atom is -0.482 e. The first kappa shape index (κ1) is 17.5. The van der Waals surface area contributed by atoms with E-state index in [1.54, 1.807) is 20.8 Å². The minimum absolute atomic E-state index is 0.230. The fourth-order valence-corrected chi connectivity index (χ4v) is 1.54. The number of hydrogen-bond acceptors (Lipinski definition) is 3. The van der Waals surface area contributed by atoms with Crippen LogP contribution in [0.5, 0.6) is 5.75 Å². The summed E-state index contributed by atoms with van der Waals surface area (Å²) >= 11 is 0. The van der Waals surface area contributed by atoms with Gasteiger partial charge in [-0.15, -0.1) is 0 Å². The number of pyridine rings is 1. The van der Waals surface area contributed by atoms with Crippen LogP contribution in [0.25, 0.3) is 0 Å². The second-order valence-electron chi connectivity index (χ2n) is 5.04. The Bertz CT molecular complexity index is 553. The first-order valence-corrected chi connectivity index (χ1v) is 6.91. The molecule has 0 amide bonds.